The highest BCUT2D eigenvalue weighted by molar-refractivity contribution is 9.10. The Bertz CT molecular complexity index is 429. The van der Waals surface area contributed by atoms with Crippen LogP contribution in [-0.2, 0) is 6.54 Å². The van der Waals surface area contributed by atoms with Gasteiger partial charge in [0.05, 0.1) is 5.02 Å². The molecule has 3 heteroatoms. The van der Waals surface area contributed by atoms with E-state index in [-0.39, 0.29) is 0 Å². The average molecular weight is 329 g/mol. The molecule has 0 amide bonds. The summed E-state index contributed by atoms with van der Waals surface area (Å²) in [4.78, 5) is 0. The van der Waals surface area contributed by atoms with Crippen LogP contribution in [0.3, 0.4) is 0 Å². The van der Waals surface area contributed by atoms with Crippen LogP contribution in [0.1, 0.15) is 37.7 Å². The van der Waals surface area contributed by atoms with Gasteiger partial charge in [-0.15, -0.1) is 0 Å². The Labute approximate surface area is 123 Å². The van der Waals surface area contributed by atoms with Gasteiger partial charge in [-0.1, -0.05) is 29.3 Å². The first-order valence-electron chi connectivity index (χ1n) is 6.58. The summed E-state index contributed by atoms with van der Waals surface area (Å²) in [5.41, 5.74) is 2.90. The van der Waals surface area contributed by atoms with Gasteiger partial charge in [0.15, 0.2) is 0 Å². The molecular formula is C15H19BrClN. The van der Waals surface area contributed by atoms with E-state index in [1.54, 1.807) is 5.57 Å². The molecule has 0 aliphatic heterocycles. The van der Waals surface area contributed by atoms with E-state index in [1.807, 2.05) is 6.07 Å². The van der Waals surface area contributed by atoms with E-state index < -0.39 is 0 Å². The molecule has 1 aliphatic rings. The summed E-state index contributed by atoms with van der Waals surface area (Å²) >= 11 is 9.42. The molecule has 0 unspecified atom stereocenters. The largest absolute Gasteiger partial charge is 0.312 e. The van der Waals surface area contributed by atoms with Gasteiger partial charge in [0.2, 0.25) is 0 Å². The summed E-state index contributed by atoms with van der Waals surface area (Å²) < 4.78 is 0.971. The predicted octanol–water partition coefficient (Wildman–Crippen LogP) is 5.08. The molecule has 2 rings (SSSR count). The van der Waals surface area contributed by atoms with Gasteiger partial charge in [0, 0.05) is 11.0 Å². The highest BCUT2D eigenvalue weighted by Gasteiger charge is 2.03. The first-order valence-corrected chi connectivity index (χ1v) is 7.75. The zero-order valence-electron chi connectivity index (χ0n) is 10.5. The fourth-order valence-electron chi connectivity index (χ4n) is 2.26. The lowest BCUT2D eigenvalue weighted by Crippen LogP contribution is -2.15. The van der Waals surface area contributed by atoms with Crippen molar-refractivity contribution >= 4 is 27.5 Å². The van der Waals surface area contributed by atoms with Gasteiger partial charge in [-0.05, 0) is 72.3 Å². The Hall–Kier alpha value is -0.310. The van der Waals surface area contributed by atoms with E-state index in [0.717, 1.165) is 22.6 Å². The van der Waals surface area contributed by atoms with Crippen molar-refractivity contribution in [2.45, 2.75) is 38.6 Å². The third-order valence-corrected chi connectivity index (χ3v) is 4.54. The smallest absolute Gasteiger partial charge is 0.0548 e. The molecule has 0 saturated heterocycles. The number of hydrogen-bond donors (Lipinski definition) is 1. The van der Waals surface area contributed by atoms with E-state index >= 15 is 0 Å². The number of rotatable bonds is 5. The lowest BCUT2D eigenvalue weighted by molar-refractivity contribution is 0.632. The van der Waals surface area contributed by atoms with Crippen molar-refractivity contribution in [3.05, 3.63) is 44.9 Å². The molecule has 0 saturated carbocycles. The van der Waals surface area contributed by atoms with E-state index in [1.165, 1.54) is 37.7 Å². The lowest BCUT2D eigenvalue weighted by atomic mass is 9.97. The Balaban J connectivity index is 1.71. The molecule has 1 nitrogen and oxygen atoms in total. The molecule has 98 valence electrons. The number of halogens is 2. The van der Waals surface area contributed by atoms with Crippen molar-refractivity contribution in [3.63, 3.8) is 0 Å². The van der Waals surface area contributed by atoms with Crippen molar-refractivity contribution in [1.82, 2.24) is 5.32 Å². The first kappa shape index (κ1) is 14.1. The van der Waals surface area contributed by atoms with Crippen LogP contribution in [0.2, 0.25) is 5.02 Å². The molecule has 0 aromatic heterocycles. The van der Waals surface area contributed by atoms with Crippen molar-refractivity contribution < 1.29 is 0 Å². The standard InChI is InChI=1S/C15H19BrClN/c16-14-10-13(6-7-15(14)17)11-18-9-8-12-4-2-1-3-5-12/h4,6-7,10,18H,1-3,5,8-9,11H2. The van der Waals surface area contributed by atoms with E-state index in [0.29, 0.717) is 0 Å². The van der Waals surface area contributed by atoms with Crippen LogP contribution < -0.4 is 5.32 Å². The van der Waals surface area contributed by atoms with E-state index in [9.17, 15) is 0 Å². The summed E-state index contributed by atoms with van der Waals surface area (Å²) in [6.07, 6.45) is 8.93. The van der Waals surface area contributed by atoms with Crippen LogP contribution in [0, 0.1) is 0 Å². The number of hydrogen-bond acceptors (Lipinski definition) is 1. The summed E-state index contributed by atoms with van der Waals surface area (Å²) in [6, 6.07) is 6.08. The Morgan fingerprint density at radius 3 is 2.89 bits per heavy atom. The van der Waals surface area contributed by atoms with E-state index in [4.69, 9.17) is 11.6 Å². The third kappa shape index (κ3) is 4.42. The number of nitrogens with one attached hydrogen (secondary N) is 1. The number of benzene rings is 1. The minimum Gasteiger partial charge on any atom is -0.312 e. The van der Waals surface area contributed by atoms with Crippen LogP contribution in [0.25, 0.3) is 0 Å². The van der Waals surface area contributed by atoms with Gasteiger partial charge in [-0.2, -0.15) is 0 Å². The molecule has 1 aromatic carbocycles. The van der Waals surface area contributed by atoms with Crippen LogP contribution in [0.15, 0.2) is 34.3 Å². The second-order valence-electron chi connectivity index (χ2n) is 4.78. The maximum Gasteiger partial charge on any atom is 0.0548 e. The van der Waals surface area contributed by atoms with Crippen molar-refractivity contribution in [1.29, 1.82) is 0 Å². The lowest BCUT2D eigenvalue weighted by Gasteiger charge is -2.13. The topological polar surface area (TPSA) is 12.0 Å². The Morgan fingerprint density at radius 1 is 1.28 bits per heavy atom. The molecule has 18 heavy (non-hydrogen) atoms. The molecule has 0 heterocycles. The highest BCUT2D eigenvalue weighted by atomic mass is 79.9. The van der Waals surface area contributed by atoms with Crippen LogP contribution in [-0.4, -0.2) is 6.54 Å². The van der Waals surface area contributed by atoms with Gasteiger partial charge in [0.25, 0.3) is 0 Å². The molecule has 0 spiro atoms. The minimum atomic E-state index is 0.770. The quantitative estimate of drug-likeness (QED) is 0.587. The van der Waals surface area contributed by atoms with Crippen molar-refractivity contribution in [3.8, 4) is 0 Å². The SMILES string of the molecule is Clc1ccc(CNCCC2=CCCCC2)cc1Br. The second-order valence-corrected chi connectivity index (χ2v) is 6.04. The molecule has 0 bridgehead atoms. The summed E-state index contributed by atoms with van der Waals surface area (Å²) in [7, 11) is 0. The number of allylic oxidation sites excluding steroid dienone is 1. The highest BCUT2D eigenvalue weighted by Crippen LogP contribution is 2.23. The molecule has 0 atom stereocenters. The fraction of sp³-hybridized carbons (Fsp3) is 0.467. The van der Waals surface area contributed by atoms with Crippen LogP contribution >= 0.6 is 27.5 Å². The molecule has 0 radical (unpaired) electrons. The average Bonchev–Trinajstić information content (AvgIpc) is 2.40. The zero-order chi connectivity index (χ0) is 12.8. The van der Waals surface area contributed by atoms with Gasteiger partial charge in [-0.25, -0.2) is 0 Å². The fourth-order valence-corrected chi connectivity index (χ4v) is 2.81. The monoisotopic (exact) mass is 327 g/mol. The van der Waals surface area contributed by atoms with Crippen molar-refractivity contribution in [2.75, 3.05) is 6.54 Å². The van der Waals surface area contributed by atoms with Gasteiger partial charge in [-0.3, -0.25) is 0 Å². The normalized spacial score (nSPS) is 15.6. The minimum absolute atomic E-state index is 0.770. The first-order chi connectivity index (χ1) is 8.75. The summed E-state index contributed by atoms with van der Waals surface area (Å²) in [5, 5.41) is 4.26. The van der Waals surface area contributed by atoms with Crippen molar-refractivity contribution in [2.24, 2.45) is 0 Å². The molecule has 1 aromatic rings. The molecule has 1 N–H and O–H groups in total. The van der Waals surface area contributed by atoms with Gasteiger partial charge < -0.3 is 5.32 Å². The summed E-state index contributed by atoms with van der Waals surface area (Å²) in [5.74, 6) is 0. The maximum atomic E-state index is 5.97. The van der Waals surface area contributed by atoms with E-state index in [2.05, 4.69) is 39.5 Å². The second kappa shape index (κ2) is 7.32. The molecule has 1 aliphatic carbocycles. The third-order valence-electron chi connectivity index (χ3n) is 3.32. The van der Waals surface area contributed by atoms with Crippen LogP contribution in [0.4, 0.5) is 0 Å². The molecule has 0 fully saturated rings. The van der Waals surface area contributed by atoms with Gasteiger partial charge >= 0.3 is 0 Å². The van der Waals surface area contributed by atoms with Gasteiger partial charge in [0.1, 0.15) is 0 Å². The zero-order valence-corrected chi connectivity index (χ0v) is 12.9. The summed E-state index contributed by atoms with van der Waals surface area (Å²) in [6.45, 7) is 1.97. The van der Waals surface area contributed by atoms with Crippen LogP contribution in [0.5, 0.6) is 0 Å². The Kier molecular flexibility index (Phi) is 5.74. The Morgan fingerprint density at radius 2 is 2.17 bits per heavy atom. The molecular weight excluding hydrogens is 310 g/mol. The predicted molar refractivity (Wildman–Crippen MR) is 82.0 cm³/mol. The maximum absolute atomic E-state index is 5.97.